The molecule has 2 aromatic carbocycles. The second-order valence-electron chi connectivity index (χ2n) is 12.3. The number of halogens is 1. The van der Waals surface area contributed by atoms with E-state index in [1.54, 1.807) is 25.1 Å². The molecule has 228 valence electrons. The van der Waals surface area contributed by atoms with Crippen LogP contribution in [-0.4, -0.2) is 43.7 Å². The zero-order chi connectivity index (χ0) is 30.0. The Hall–Kier alpha value is -2.78. The molecule has 1 aliphatic carbocycles. The lowest BCUT2D eigenvalue weighted by atomic mass is 9.65. The summed E-state index contributed by atoms with van der Waals surface area (Å²) in [6, 6.07) is 10.9. The third kappa shape index (κ3) is 6.72. The largest absolute Gasteiger partial charge is 0.487 e. The molecule has 5 atom stereocenters. The average Bonchev–Trinajstić information content (AvgIpc) is 2.96. The van der Waals surface area contributed by atoms with Crippen LogP contribution in [0.3, 0.4) is 0 Å². The number of rotatable bonds is 1. The minimum atomic E-state index is -3.95. The second kappa shape index (κ2) is 12.8. The van der Waals surface area contributed by atoms with Crippen molar-refractivity contribution in [2.75, 3.05) is 18.0 Å². The van der Waals surface area contributed by atoms with Crippen LogP contribution in [0, 0.1) is 23.7 Å². The molecule has 5 rings (SSSR count). The molecule has 1 amide bonds. The van der Waals surface area contributed by atoms with E-state index in [-0.39, 0.29) is 23.3 Å². The zero-order valence-electron chi connectivity index (χ0n) is 24.4. The van der Waals surface area contributed by atoms with Crippen LogP contribution < -0.4 is 14.4 Å². The zero-order valence-corrected chi connectivity index (χ0v) is 25.9. The Kier molecular flexibility index (Phi) is 9.38. The normalized spacial score (nSPS) is 28.5. The molecule has 1 fully saturated rings. The van der Waals surface area contributed by atoms with Gasteiger partial charge in [0.15, 0.2) is 0 Å². The standard InChI is InChI=1S/C32H41ClN2O6S/c1-20-6-5-8-28(32(37)38)27-13-10-24(27)18-35-15-4-3-7-22-16-26(33)12-9-25(22)19-41-30-14-11-23(17-29(30)35)31(36)34-42(39,40)21(20)2/h9,11-12,14,16-17,20-21,24,27-28H,3-8,10,13,15,18-19H2,1-2H3,(H,34,36)(H,37,38)/t20-,21+,24-,27+,28-/m0/s1. The molecule has 3 aliphatic rings. The van der Waals surface area contributed by atoms with Crippen molar-refractivity contribution in [3.8, 4) is 5.75 Å². The van der Waals surface area contributed by atoms with Crippen LogP contribution in [0.5, 0.6) is 5.75 Å². The van der Waals surface area contributed by atoms with Crippen LogP contribution in [0.2, 0.25) is 5.02 Å². The van der Waals surface area contributed by atoms with Crippen molar-refractivity contribution in [2.24, 2.45) is 23.7 Å². The van der Waals surface area contributed by atoms with E-state index in [0.29, 0.717) is 49.7 Å². The lowest BCUT2D eigenvalue weighted by Crippen LogP contribution is -2.44. The molecule has 0 unspecified atom stereocenters. The highest BCUT2D eigenvalue weighted by atomic mass is 35.5. The molecule has 0 radical (unpaired) electrons. The number of benzene rings is 2. The highest BCUT2D eigenvalue weighted by molar-refractivity contribution is 7.90. The molecule has 10 heteroatoms. The van der Waals surface area contributed by atoms with Gasteiger partial charge in [0.1, 0.15) is 12.4 Å². The number of fused-ring (bicyclic) bond motifs is 3. The summed E-state index contributed by atoms with van der Waals surface area (Å²) in [5, 5.41) is 10.1. The number of anilines is 1. The van der Waals surface area contributed by atoms with Gasteiger partial charge in [0.25, 0.3) is 5.91 Å². The van der Waals surface area contributed by atoms with Crippen LogP contribution >= 0.6 is 11.6 Å². The molecule has 0 aromatic heterocycles. The number of ether oxygens (including phenoxy) is 1. The fourth-order valence-corrected chi connectivity index (χ4v) is 8.22. The number of aliphatic carboxylic acids is 1. The van der Waals surface area contributed by atoms with Gasteiger partial charge in [-0.05, 0) is 111 Å². The number of carbonyl (C=O) groups excluding carboxylic acids is 1. The molecule has 42 heavy (non-hydrogen) atoms. The molecule has 2 aliphatic heterocycles. The summed E-state index contributed by atoms with van der Waals surface area (Å²) in [5.41, 5.74) is 3.17. The highest BCUT2D eigenvalue weighted by Gasteiger charge is 2.41. The number of hydrogen-bond donors (Lipinski definition) is 2. The number of sulfonamides is 1. The number of carbonyl (C=O) groups is 2. The Balaban J connectivity index is 1.54. The molecule has 2 heterocycles. The average molecular weight is 617 g/mol. The molecule has 2 bridgehead atoms. The summed E-state index contributed by atoms with van der Waals surface area (Å²) in [5.74, 6) is -1.25. The minimum absolute atomic E-state index is 0.0623. The van der Waals surface area contributed by atoms with Crippen LogP contribution in [0.25, 0.3) is 0 Å². The van der Waals surface area contributed by atoms with Crippen molar-refractivity contribution in [2.45, 2.75) is 77.1 Å². The molecule has 1 saturated carbocycles. The maximum Gasteiger partial charge on any atom is 0.306 e. The Labute approximate surface area is 253 Å². The number of nitrogens with one attached hydrogen (secondary N) is 1. The topological polar surface area (TPSA) is 113 Å². The smallest absolute Gasteiger partial charge is 0.306 e. The first-order chi connectivity index (χ1) is 20.0. The molecule has 2 N–H and O–H groups in total. The van der Waals surface area contributed by atoms with E-state index in [0.717, 1.165) is 48.9 Å². The van der Waals surface area contributed by atoms with E-state index in [2.05, 4.69) is 9.62 Å². The molecular formula is C32H41ClN2O6S. The molecule has 0 spiro atoms. The molecule has 2 aromatic rings. The highest BCUT2D eigenvalue weighted by Crippen LogP contribution is 2.44. The molecule has 0 saturated heterocycles. The summed E-state index contributed by atoms with van der Waals surface area (Å²) in [6.45, 7) is 5.14. The van der Waals surface area contributed by atoms with Crippen molar-refractivity contribution in [3.63, 3.8) is 0 Å². The number of carboxylic acids is 1. The maximum absolute atomic E-state index is 13.3. The number of nitrogens with zero attached hydrogens (tertiary/aromatic N) is 1. The van der Waals surface area contributed by atoms with Crippen molar-refractivity contribution in [3.05, 3.63) is 58.1 Å². The third-order valence-electron chi connectivity index (χ3n) is 9.70. The quantitative estimate of drug-likeness (QED) is 0.401. The Morgan fingerprint density at radius 2 is 1.83 bits per heavy atom. The lowest BCUT2D eigenvalue weighted by Gasteiger charge is -2.44. The van der Waals surface area contributed by atoms with Gasteiger partial charge in [-0.3, -0.25) is 9.59 Å². The number of carboxylic acid groups (broad SMARTS) is 1. The predicted molar refractivity (Wildman–Crippen MR) is 164 cm³/mol. The third-order valence-corrected chi connectivity index (χ3v) is 11.9. The first-order valence-electron chi connectivity index (χ1n) is 15.1. The monoisotopic (exact) mass is 616 g/mol. The molecular weight excluding hydrogens is 576 g/mol. The fraction of sp³-hybridized carbons (Fsp3) is 0.562. The van der Waals surface area contributed by atoms with Gasteiger partial charge in [0, 0.05) is 23.7 Å². The van der Waals surface area contributed by atoms with Crippen molar-refractivity contribution >= 4 is 39.2 Å². The van der Waals surface area contributed by atoms with E-state index in [1.165, 1.54) is 0 Å². The Morgan fingerprint density at radius 3 is 2.57 bits per heavy atom. The van der Waals surface area contributed by atoms with Crippen molar-refractivity contribution in [1.29, 1.82) is 0 Å². The van der Waals surface area contributed by atoms with Gasteiger partial charge in [-0.25, -0.2) is 13.1 Å². The first kappa shape index (κ1) is 30.7. The van der Waals surface area contributed by atoms with Gasteiger partial charge in [-0.15, -0.1) is 0 Å². The van der Waals surface area contributed by atoms with E-state index in [4.69, 9.17) is 16.3 Å². The van der Waals surface area contributed by atoms with E-state index < -0.39 is 33.1 Å². The Morgan fingerprint density at radius 1 is 1.02 bits per heavy atom. The van der Waals surface area contributed by atoms with Gasteiger partial charge >= 0.3 is 5.97 Å². The number of aryl methyl sites for hydroxylation is 1. The Bertz CT molecular complexity index is 1430. The van der Waals surface area contributed by atoms with E-state index in [1.807, 2.05) is 25.1 Å². The first-order valence-corrected chi connectivity index (χ1v) is 17.0. The van der Waals surface area contributed by atoms with Crippen molar-refractivity contribution < 1.29 is 27.9 Å². The predicted octanol–water partition coefficient (Wildman–Crippen LogP) is 6.06. The van der Waals surface area contributed by atoms with Crippen molar-refractivity contribution in [1.82, 2.24) is 4.72 Å². The summed E-state index contributed by atoms with van der Waals surface area (Å²) in [7, 11) is -3.95. The SMILES string of the molecule is C[C@@H]1[C@@H](C)CCC[C@H](C(=O)O)[C@@H]2CC[C@H]2CN2CCCCc3cc(Cl)ccc3COc3ccc(cc32)C(=O)NS1(=O)=O. The maximum atomic E-state index is 13.3. The second-order valence-corrected chi connectivity index (χ2v) is 14.8. The lowest BCUT2D eigenvalue weighted by molar-refractivity contribution is -0.146. The van der Waals surface area contributed by atoms with Crippen LogP contribution in [0.1, 0.15) is 80.3 Å². The van der Waals surface area contributed by atoms with Gasteiger partial charge in [-0.1, -0.05) is 31.0 Å². The van der Waals surface area contributed by atoms with Crippen LogP contribution in [0.15, 0.2) is 36.4 Å². The number of amides is 1. The number of hydrogen-bond acceptors (Lipinski definition) is 6. The van der Waals surface area contributed by atoms with Gasteiger partial charge in [-0.2, -0.15) is 0 Å². The van der Waals surface area contributed by atoms with Gasteiger partial charge < -0.3 is 14.7 Å². The van der Waals surface area contributed by atoms with E-state index >= 15 is 0 Å². The summed E-state index contributed by atoms with van der Waals surface area (Å²) < 4.78 is 35.0. The molecule has 8 nitrogen and oxygen atoms in total. The van der Waals surface area contributed by atoms with Gasteiger partial charge in [0.05, 0.1) is 16.9 Å². The minimum Gasteiger partial charge on any atom is -0.487 e. The van der Waals surface area contributed by atoms with Crippen LogP contribution in [0.4, 0.5) is 5.69 Å². The van der Waals surface area contributed by atoms with Gasteiger partial charge in [0.2, 0.25) is 10.0 Å². The summed E-state index contributed by atoms with van der Waals surface area (Å²) in [6.07, 6.45) is 6.22. The van der Waals surface area contributed by atoms with E-state index in [9.17, 15) is 23.1 Å². The summed E-state index contributed by atoms with van der Waals surface area (Å²) in [4.78, 5) is 27.9. The fourth-order valence-electron chi connectivity index (χ4n) is 6.72. The summed E-state index contributed by atoms with van der Waals surface area (Å²) >= 11 is 6.30. The van der Waals surface area contributed by atoms with Crippen LogP contribution in [-0.2, 0) is 27.8 Å².